The average molecular weight is 339 g/mol. The molecule has 1 aromatic heterocycles. The number of ether oxygens (including phenoxy) is 1. The maximum Gasteiger partial charge on any atom is 0.195 e. The Morgan fingerprint density at radius 1 is 1.04 bits per heavy atom. The number of rotatable bonds is 3. The first-order valence-corrected chi connectivity index (χ1v) is 9.28. The van der Waals surface area contributed by atoms with Crippen LogP contribution >= 0.6 is 11.3 Å². The molecule has 0 amide bonds. The maximum atomic E-state index is 12.7. The Morgan fingerprint density at radius 3 is 2.71 bits per heavy atom. The summed E-state index contributed by atoms with van der Waals surface area (Å²) in [6.07, 6.45) is 1.02. The zero-order chi connectivity index (χ0) is 16.5. The summed E-state index contributed by atoms with van der Waals surface area (Å²) >= 11 is 1.72. The van der Waals surface area contributed by atoms with Crippen LogP contribution in [0.3, 0.4) is 0 Å². The monoisotopic (exact) mass is 339 g/mol. The van der Waals surface area contributed by atoms with Crippen LogP contribution in [-0.4, -0.2) is 37.7 Å². The first kappa shape index (κ1) is 15.8. The molecule has 0 unspecified atom stereocenters. The molecule has 3 nitrogen and oxygen atoms in total. The van der Waals surface area contributed by atoms with Gasteiger partial charge in [0, 0.05) is 39.8 Å². The highest BCUT2D eigenvalue weighted by Gasteiger charge is 2.11. The lowest BCUT2D eigenvalue weighted by molar-refractivity contribution is 0.0384. The predicted octanol–water partition coefficient (Wildman–Crippen LogP) is 3.60. The van der Waals surface area contributed by atoms with Crippen molar-refractivity contribution in [3.05, 3.63) is 57.7 Å². The molecule has 0 spiro atoms. The number of hydrogen-bond acceptors (Lipinski definition) is 4. The third-order valence-corrected chi connectivity index (χ3v) is 5.84. The van der Waals surface area contributed by atoms with Crippen molar-refractivity contribution in [2.75, 3.05) is 32.8 Å². The molecule has 0 N–H and O–H groups in total. The standard InChI is InChI=1S/C20H21NO2S/c1-14-2-5-18-17(12-14)20(22)16-4-3-15(13-19(16)24-18)6-7-21-8-10-23-11-9-21/h2-5,12-13H,6-11H2,1H3. The second-order valence-corrected chi connectivity index (χ2v) is 7.55. The fourth-order valence-electron chi connectivity index (χ4n) is 3.28. The van der Waals surface area contributed by atoms with Gasteiger partial charge in [0.1, 0.15) is 0 Å². The van der Waals surface area contributed by atoms with Crippen LogP contribution in [0.25, 0.3) is 20.2 Å². The molecule has 1 fully saturated rings. The average Bonchev–Trinajstić information content (AvgIpc) is 2.61. The Labute approximate surface area is 145 Å². The first-order chi connectivity index (χ1) is 11.7. The van der Waals surface area contributed by atoms with Gasteiger partial charge >= 0.3 is 0 Å². The molecule has 0 saturated carbocycles. The van der Waals surface area contributed by atoms with Gasteiger partial charge in [0.15, 0.2) is 5.43 Å². The van der Waals surface area contributed by atoms with Crippen LogP contribution in [0.1, 0.15) is 11.1 Å². The van der Waals surface area contributed by atoms with E-state index in [2.05, 4.69) is 29.2 Å². The summed E-state index contributed by atoms with van der Waals surface area (Å²) in [5.74, 6) is 0. The minimum absolute atomic E-state index is 0.155. The van der Waals surface area contributed by atoms with E-state index in [1.54, 1.807) is 11.3 Å². The second kappa shape index (κ2) is 6.63. The summed E-state index contributed by atoms with van der Waals surface area (Å²) in [5.41, 5.74) is 2.59. The molecule has 24 heavy (non-hydrogen) atoms. The molecule has 2 heterocycles. The van der Waals surface area contributed by atoms with Gasteiger partial charge in [-0.25, -0.2) is 0 Å². The van der Waals surface area contributed by atoms with Gasteiger partial charge in [0.25, 0.3) is 0 Å². The molecule has 0 atom stereocenters. The summed E-state index contributed by atoms with van der Waals surface area (Å²) in [6, 6.07) is 12.5. The van der Waals surface area contributed by atoms with E-state index in [9.17, 15) is 4.79 Å². The quantitative estimate of drug-likeness (QED) is 0.683. The van der Waals surface area contributed by atoms with E-state index in [1.807, 2.05) is 19.1 Å². The highest BCUT2D eigenvalue weighted by atomic mass is 32.1. The summed E-state index contributed by atoms with van der Waals surface area (Å²) in [4.78, 5) is 15.2. The third kappa shape index (κ3) is 3.09. The zero-order valence-electron chi connectivity index (χ0n) is 13.9. The fourth-order valence-corrected chi connectivity index (χ4v) is 4.40. The Balaban J connectivity index is 1.66. The summed E-state index contributed by atoms with van der Waals surface area (Å²) in [5, 5.41) is 1.68. The van der Waals surface area contributed by atoms with Crippen molar-refractivity contribution in [3.8, 4) is 0 Å². The summed E-state index contributed by atoms with van der Waals surface area (Å²) in [7, 11) is 0. The SMILES string of the molecule is Cc1ccc2sc3cc(CCN4CCOCC4)ccc3c(=O)c2c1. The van der Waals surface area contributed by atoms with Crippen LogP contribution in [0.2, 0.25) is 0 Å². The van der Waals surface area contributed by atoms with Gasteiger partial charge in [0.2, 0.25) is 0 Å². The summed E-state index contributed by atoms with van der Waals surface area (Å²) in [6.45, 7) is 6.80. The van der Waals surface area contributed by atoms with Gasteiger partial charge in [-0.2, -0.15) is 0 Å². The smallest absolute Gasteiger partial charge is 0.195 e. The molecule has 2 aromatic carbocycles. The predicted molar refractivity (Wildman–Crippen MR) is 101 cm³/mol. The Morgan fingerprint density at radius 2 is 1.88 bits per heavy atom. The van der Waals surface area contributed by atoms with E-state index in [0.717, 1.165) is 65.0 Å². The van der Waals surface area contributed by atoms with Gasteiger partial charge in [-0.15, -0.1) is 11.3 Å². The van der Waals surface area contributed by atoms with E-state index in [1.165, 1.54) is 5.56 Å². The van der Waals surface area contributed by atoms with Crippen molar-refractivity contribution in [2.24, 2.45) is 0 Å². The minimum Gasteiger partial charge on any atom is -0.379 e. The molecule has 0 aliphatic carbocycles. The van der Waals surface area contributed by atoms with Crippen LogP contribution in [0.4, 0.5) is 0 Å². The van der Waals surface area contributed by atoms with Crippen LogP contribution in [0.15, 0.2) is 41.2 Å². The van der Waals surface area contributed by atoms with Gasteiger partial charge in [-0.3, -0.25) is 9.69 Å². The van der Waals surface area contributed by atoms with E-state index >= 15 is 0 Å². The highest BCUT2D eigenvalue weighted by Crippen LogP contribution is 2.26. The van der Waals surface area contributed by atoms with Crippen molar-refractivity contribution < 1.29 is 4.74 Å². The largest absolute Gasteiger partial charge is 0.379 e. The molecule has 4 heteroatoms. The van der Waals surface area contributed by atoms with Gasteiger partial charge < -0.3 is 4.74 Å². The lowest BCUT2D eigenvalue weighted by Crippen LogP contribution is -2.37. The van der Waals surface area contributed by atoms with Crippen molar-refractivity contribution in [3.63, 3.8) is 0 Å². The Bertz CT molecular complexity index is 941. The Hall–Kier alpha value is -1.75. The van der Waals surface area contributed by atoms with Crippen LogP contribution in [0.5, 0.6) is 0 Å². The van der Waals surface area contributed by atoms with Crippen LogP contribution in [0, 0.1) is 6.92 Å². The minimum atomic E-state index is 0.155. The lowest BCUT2D eigenvalue weighted by Gasteiger charge is -2.26. The number of hydrogen-bond donors (Lipinski definition) is 0. The van der Waals surface area contributed by atoms with Crippen molar-refractivity contribution in [1.29, 1.82) is 0 Å². The maximum absolute atomic E-state index is 12.7. The van der Waals surface area contributed by atoms with Gasteiger partial charge in [0.05, 0.1) is 13.2 Å². The molecule has 0 bridgehead atoms. The number of benzene rings is 2. The molecular formula is C20H21NO2S. The van der Waals surface area contributed by atoms with E-state index in [0.29, 0.717) is 0 Å². The van der Waals surface area contributed by atoms with Crippen molar-refractivity contribution >= 4 is 31.5 Å². The normalized spacial score (nSPS) is 16.0. The van der Waals surface area contributed by atoms with E-state index in [-0.39, 0.29) is 5.43 Å². The van der Waals surface area contributed by atoms with Crippen LogP contribution in [-0.2, 0) is 11.2 Å². The van der Waals surface area contributed by atoms with E-state index < -0.39 is 0 Å². The third-order valence-electron chi connectivity index (χ3n) is 4.71. The topological polar surface area (TPSA) is 29.5 Å². The summed E-state index contributed by atoms with van der Waals surface area (Å²) < 4.78 is 7.56. The number of morpholine rings is 1. The molecule has 0 radical (unpaired) electrons. The molecule has 4 rings (SSSR count). The Kier molecular flexibility index (Phi) is 4.35. The number of aryl methyl sites for hydroxylation is 1. The lowest BCUT2D eigenvalue weighted by atomic mass is 10.1. The molecular weight excluding hydrogens is 318 g/mol. The fraction of sp³-hybridized carbons (Fsp3) is 0.350. The van der Waals surface area contributed by atoms with Gasteiger partial charge in [-0.1, -0.05) is 17.7 Å². The molecule has 1 aliphatic heterocycles. The highest BCUT2D eigenvalue weighted by molar-refractivity contribution is 7.24. The molecule has 1 saturated heterocycles. The first-order valence-electron chi connectivity index (χ1n) is 8.47. The number of fused-ring (bicyclic) bond motifs is 2. The van der Waals surface area contributed by atoms with Crippen molar-refractivity contribution in [2.45, 2.75) is 13.3 Å². The zero-order valence-corrected chi connectivity index (χ0v) is 14.7. The molecule has 124 valence electrons. The van der Waals surface area contributed by atoms with Crippen molar-refractivity contribution in [1.82, 2.24) is 4.90 Å². The molecule has 1 aliphatic rings. The van der Waals surface area contributed by atoms with Crippen LogP contribution < -0.4 is 5.43 Å². The number of nitrogens with zero attached hydrogens (tertiary/aromatic N) is 1. The van der Waals surface area contributed by atoms with E-state index in [4.69, 9.17) is 4.74 Å². The second-order valence-electron chi connectivity index (χ2n) is 6.47. The van der Waals surface area contributed by atoms with Gasteiger partial charge in [-0.05, 0) is 43.2 Å². The molecule has 3 aromatic rings.